The maximum atomic E-state index is 10.2. The molecule has 0 spiro atoms. The van der Waals surface area contributed by atoms with E-state index in [0.717, 1.165) is 5.56 Å². The minimum atomic E-state index is -0.868. The first kappa shape index (κ1) is 13.4. The lowest BCUT2D eigenvalue weighted by atomic mass is 9.99. The number of rotatable bonds is 4. The van der Waals surface area contributed by atoms with E-state index in [1.165, 1.54) is 0 Å². The van der Waals surface area contributed by atoms with Crippen LogP contribution in [0.5, 0.6) is 0 Å². The molecular formula is C13H15N3O4. The average molecular weight is 277 g/mol. The number of nitrogens with zero attached hydrogens (tertiary/aromatic N) is 3. The third-order valence-corrected chi connectivity index (χ3v) is 3.54. The molecule has 0 amide bonds. The van der Waals surface area contributed by atoms with Gasteiger partial charge in [-0.3, -0.25) is 0 Å². The lowest BCUT2D eigenvalue weighted by Crippen LogP contribution is -2.54. The van der Waals surface area contributed by atoms with E-state index in [0.29, 0.717) is 6.61 Å². The van der Waals surface area contributed by atoms with Crippen LogP contribution in [0.15, 0.2) is 35.4 Å². The Morgan fingerprint density at radius 1 is 1.40 bits per heavy atom. The highest BCUT2D eigenvalue weighted by Gasteiger charge is 2.50. The zero-order valence-electron chi connectivity index (χ0n) is 10.7. The van der Waals surface area contributed by atoms with Gasteiger partial charge in [-0.15, -0.1) is 0 Å². The van der Waals surface area contributed by atoms with E-state index in [4.69, 9.17) is 19.7 Å². The fraction of sp³-hybridized carbons (Fsp3) is 0.538. The number of hydrogen-bond acceptors (Lipinski definition) is 5. The summed E-state index contributed by atoms with van der Waals surface area (Å²) in [6.07, 6.45) is -2.56. The molecule has 0 aliphatic carbocycles. The van der Waals surface area contributed by atoms with E-state index in [-0.39, 0.29) is 6.61 Å². The molecule has 2 aliphatic rings. The van der Waals surface area contributed by atoms with Crippen molar-refractivity contribution in [1.29, 1.82) is 0 Å². The van der Waals surface area contributed by atoms with Crippen LogP contribution in [-0.2, 0) is 20.8 Å². The average Bonchev–Trinajstić information content (AvgIpc) is 2.92. The van der Waals surface area contributed by atoms with Gasteiger partial charge in [0.15, 0.2) is 6.29 Å². The fourth-order valence-corrected chi connectivity index (χ4v) is 2.51. The zero-order chi connectivity index (χ0) is 13.9. The molecule has 0 unspecified atom stereocenters. The van der Waals surface area contributed by atoms with Gasteiger partial charge in [0, 0.05) is 4.91 Å². The minimum Gasteiger partial charge on any atom is -0.388 e. The van der Waals surface area contributed by atoms with Crippen molar-refractivity contribution in [3.05, 3.63) is 46.3 Å². The summed E-state index contributed by atoms with van der Waals surface area (Å²) in [5, 5.41) is 13.9. The Bertz CT molecular complexity index is 506. The van der Waals surface area contributed by atoms with Crippen molar-refractivity contribution in [2.24, 2.45) is 5.11 Å². The Hall–Kier alpha value is -1.63. The summed E-state index contributed by atoms with van der Waals surface area (Å²) < 4.78 is 16.6. The smallest absolute Gasteiger partial charge is 0.169 e. The van der Waals surface area contributed by atoms with E-state index in [1.54, 1.807) is 0 Å². The van der Waals surface area contributed by atoms with Crippen LogP contribution in [0.3, 0.4) is 0 Å². The molecule has 2 fully saturated rings. The molecule has 2 saturated heterocycles. The molecule has 2 heterocycles. The zero-order valence-corrected chi connectivity index (χ0v) is 10.7. The van der Waals surface area contributed by atoms with Crippen molar-refractivity contribution in [3.63, 3.8) is 0 Å². The molecule has 5 atom stereocenters. The van der Waals surface area contributed by atoms with Crippen molar-refractivity contribution >= 4 is 0 Å². The predicted molar refractivity (Wildman–Crippen MR) is 68.6 cm³/mol. The highest BCUT2D eigenvalue weighted by Crippen LogP contribution is 2.32. The van der Waals surface area contributed by atoms with Gasteiger partial charge in [0.05, 0.1) is 19.3 Å². The highest BCUT2D eigenvalue weighted by molar-refractivity contribution is 5.13. The first-order valence-corrected chi connectivity index (χ1v) is 6.44. The quantitative estimate of drug-likeness (QED) is 0.510. The monoisotopic (exact) mass is 277 g/mol. The van der Waals surface area contributed by atoms with Crippen LogP contribution in [0.1, 0.15) is 5.56 Å². The Morgan fingerprint density at radius 2 is 2.20 bits per heavy atom. The van der Waals surface area contributed by atoms with Gasteiger partial charge >= 0.3 is 0 Å². The van der Waals surface area contributed by atoms with Gasteiger partial charge in [0.25, 0.3) is 0 Å². The van der Waals surface area contributed by atoms with Crippen LogP contribution >= 0.6 is 0 Å². The Morgan fingerprint density at radius 3 is 2.95 bits per heavy atom. The van der Waals surface area contributed by atoms with Crippen molar-refractivity contribution in [1.82, 2.24) is 0 Å². The molecular weight excluding hydrogens is 262 g/mol. The lowest BCUT2D eigenvalue weighted by Gasteiger charge is -2.36. The number of hydrogen-bond donors (Lipinski definition) is 1. The van der Waals surface area contributed by atoms with Crippen molar-refractivity contribution < 1.29 is 19.3 Å². The van der Waals surface area contributed by atoms with Crippen molar-refractivity contribution in [3.8, 4) is 0 Å². The number of benzene rings is 1. The van der Waals surface area contributed by atoms with Gasteiger partial charge in [-0.25, -0.2) is 0 Å². The molecule has 1 aromatic carbocycles. The summed E-state index contributed by atoms with van der Waals surface area (Å²) in [6.45, 7) is 0.619. The number of fused-ring (bicyclic) bond motifs is 2. The minimum absolute atomic E-state index is 0.286. The van der Waals surface area contributed by atoms with Gasteiger partial charge < -0.3 is 19.3 Å². The fourth-order valence-electron chi connectivity index (χ4n) is 2.51. The number of aliphatic hydroxyl groups is 1. The van der Waals surface area contributed by atoms with Gasteiger partial charge in [-0.05, 0) is 11.1 Å². The second kappa shape index (κ2) is 5.78. The SMILES string of the molecule is [N-]=[N+]=N[C@@H]1[C@@H]2OC[C@@H](O2)[C@@H](O)[C@@H]1OCc1ccccc1. The largest absolute Gasteiger partial charge is 0.388 e. The molecule has 106 valence electrons. The Kier molecular flexibility index (Phi) is 3.86. The Balaban J connectivity index is 1.73. The topological polar surface area (TPSA) is 96.7 Å². The summed E-state index contributed by atoms with van der Waals surface area (Å²) in [7, 11) is 0. The second-order valence-corrected chi connectivity index (χ2v) is 4.82. The molecule has 1 N–H and O–H groups in total. The van der Waals surface area contributed by atoms with E-state index >= 15 is 0 Å². The van der Waals surface area contributed by atoms with E-state index < -0.39 is 30.6 Å². The lowest BCUT2D eigenvalue weighted by molar-refractivity contribution is -0.195. The summed E-state index contributed by atoms with van der Waals surface area (Å²) >= 11 is 0. The van der Waals surface area contributed by atoms with Crippen molar-refractivity contribution in [2.45, 2.75) is 37.3 Å². The van der Waals surface area contributed by atoms with Crippen LogP contribution in [0.2, 0.25) is 0 Å². The summed E-state index contributed by atoms with van der Waals surface area (Å²) in [5.41, 5.74) is 9.63. The number of ether oxygens (including phenoxy) is 3. The van der Waals surface area contributed by atoms with E-state index in [1.807, 2.05) is 30.3 Å². The standard InChI is InChI=1S/C13H15N3O4/c14-16-15-10-12(11(17)9-7-19-13(10)20-9)18-6-8-4-2-1-3-5-8/h1-5,9-13,17H,6-7H2/t9-,10+,11-,12-,13-/m1/s1. The normalized spacial score (nSPS) is 35.5. The first-order chi connectivity index (χ1) is 9.79. The van der Waals surface area contributed by atoms with Gasteiger partial charge in [0.2, 0.25) is 0 Å². The van der Waals surface area contributed by atoms with Gasteiger partial charge in [0.1, 0.15) is 18.2 Å². The summed E-state index contributed by atoms with van der Waals surface area (Å²) in [4.78, 5) is 2.79. The molecule has 2 aliphatic heterocycles. The van der Waals surface area contributed by atoms with E-state index in [9.17, 15) is 5.11 Å². The molecule has 2 bridgehead atoms. The van der Waals surface area contributed by atoms with Crippen molar-refractivity contribution in [2.75, 3.05) is 6.61 Å². The number of aliphatic hydroxyl groups excluding tert-OH is 1. The van der Waals surface area contributed by atoms with Crippen LogP contribution in [0.4, 0.5) is 0 Å². The third kappa shape index (κ3) is 2.49. The highest BCUT2D eigenvalue weighted by atomic mass is 16.7. The maximum Gasteiger partial charge on any atom is 0.169 e. The Labute approximate surface area is 115 Å². The van der Waals surface area contributed by atoms with Crippen LogP contribution in [-0.4, -0.2) is 42.4 Å². The van der Waals surface area contributed by atoms with Gasteiger partial charge in [-0.1, -0.05) is 35.4 Å². The second-order valence-electron chi connectivity index (χ2n) is 4.82. The predicted octanol–water partition coefficient (Wildman–Crippen LogP) is 1.37. The molecule has 0 aromatic heterocycles. The van der Waals surface area contributed by atoms with Gasteiger partial charge in [-0.2, -0.15) is 0 Å². The summed E-state index contributed by atoms with van der Waals surface area (Å²) in [5.74, 6) is 0. The van der Waals surface area contributed by atoms with Crippen LogP contribution in [0, 0.1) is 0 Å². The summed E-state index contributed by atoms with van der Waals surface area (Å²) in [6, 6.07) is 8.92. The molecule has 20 heavy (non-hydrogen) atoms. The van der Waals surface area contributed by atoms with Crippen LogP contribution < -0.4 is 0 Å². The molecule has 0 saturated carbocycles. The third-order valence-electron chi connectivity index (χ3n) is 3.54. The maximum absolute atomic E-state index is 10.2. The first-order valence-electron chi connectivity index (χ1n) is 6.44. The molecule has 7 heteroatoms. The molecule has 0 radical (unpaired) electrons. The molecule has 1 aromatic rings. The molecule has 7 nitrogen and oxygen atoms in total. The van der Waals surface area contributed by atoms with Crippen LogP contribution in [0.25, 0.3) is 10.4 Å². The molecule has 3 rings (SSSR count). The van der Waals surface area contributed by atoms with E-state index in [2.05, 4.69) is 10.0 Å². The number of azide groups is 1.